The van der Waals surface area contributed by atoms with Crippen LogP contribution in [-0.2, 0) is 0 Å². The van der Waals surface area contributed by atoms with Crippen LogP contribution in [0.2, 0.25) is 10.0 Å². The van der Waals surface area contributed by atoms with E-state index < -0.39 is 0 Å². The summed E-state index contributed by atoms with van der Waals surface area (Å²) in [7, 11) is 0. The summed E-state index contributed by atoms with van der Waals surface area (Å²) >= 11 is 12.3. The highest BCUT2D eigenvalue weighted by Gasteiger charge is 2.15. The third-order valence-corrected chi connectivity index (χ3v) is 3.55. The molecule has 1 aromatic carbocycles. The number of nitrogens with one attached hydrogen (secondary N) is 1. The molecular weight excluding hydrogens is 265 g/mol. The van der Waals surface area contributed by atoms with Crippen LogP contribution in [0.25, 0.3) is 0 Å². The summed E-state index contributed by atoms with van der Waals surface area (Å²) < 4.78 is 0. The van der Waals surface area contributed by atoms with E-state index in [0.29, 0.717) is 0 Å². The van der Waals surface area contributed by atoms with E-state index in [1.807, 2.05) is 18.2 Å². The Labute approximate surface area is 120 Å². The Kier molecular flexibility index (Phi) is 6.77. The fourth-order valence-electron chi connectivity index (χ4n) is 1.83. The minimum Gasteiger partial charge on any atom is -0.310 e. The van der Waals surface area contributed by atoms with Crippen LogP contribution in [0.1, 0.15) is 44.7 Å². The van der Waals surface area contributed by atoms with E-state index in [0.717, 1.165) is 41.4 Å². The van der Waals surface area contributed by atoms with Crippen LogP contribution in [0.15, 0.2) is 30.4 Å². The van der Waals surface area contributed by atoms with Crippen LogP contribution < -0.4 is 5.32 Å². The monoisotopic (exact) mass is 285 g/mol. The van der Waals surface area contributed by atoms with E-state index in [9.17, 15) is 0 Å². The second kappa shape index (κ2) is 7.83. The normalized spacial score (nSPS) is 12.4. The first-order valence-electron chi connectivity index (χ1n) is 6.43. The zero-order valence-electron chi connectivity index (χ0n) is 11.1. The summed E-state index contributed by atoms with van der Waals surface area (Å²) in [6.07, 6.45) is 2.98. The van der Waals surface area contributed by atoms with E-state index in [2.05, 4.69) is 25.7 Å². The van der Waals surface area contributed by atoms with E-state index >= 15 is 0 Å². The quantitative estimate of drug-likeness (QED) is 0.662. The first-order chi connectivity index (χ1) is 8.58. The van der Waals surface area contributed by atoms with Crippen molar-refractivity contribution in [3.05, 3.63) is 46.0 Å². The summed E-state index contributed by atoms with van der Waals surface area (Å²) in [6, 6.07) is 5.82. The Morgan fingerprint density at radius 1 is 1.33 bits per heavy atom. The lowest BCUT2D eigenvalue weighted by Crippen LogP contribution is -2.22. The highest BCUT2D eigenvalue weighted by Crippen LogP contribution is 2.30. The maximum Gasteiger partial charge on any atom is 0.0454 e. The second-order valence-electron chi connectivity index (χ2n) is 4.48. The van der Waals surface area contributed by atoms with Crippen molar-refractivity contribution in [2.45, 2.75) is 39.2 Å². The van der Waals surface area contributed by atoms with Crippen molar-refractivity contribution in [2.24, 2.45) is 0 Å². The van der Waals surface area contributed by atoms with Crippen molar-refractivity contribution in [2.75, 3.05) is 6.54 Å². The van der Waals surface area contributed by atoms with Gasteiger partial charge in [-0.2, -0.15) is 0 Å². The Morgan fingerprint density at radius 2 is 2.06 bits per heavy atom. The summed E-state index contributed by atoms with van der Waals surface area (Å²) in [6.45, 7) is 9.32. The Morgan fingerprint density at radius 3 is 2.67 bits per heavy atom. The van der Waals surface area contributed by atoms with Crippen LogP contribution in [-0.4, -0.2) is 6.54 Å². The molecule has 1 atom stereocenters. The molecule has 0 heterocycles. The summed E-state index contributed by atoms with van der Waals surface area (Å²) in [5.41, 5.74) is 2.28. The molecule has 0 aliphatic rings. The third kappa shape index (κ3) is 4.64. The van der Waals surface area contributed by atoms with E-state index in [1.165, 1.54) is 5.57 Å². The molecule has 3 heteroatoms. The average molecular weight is 286 g/mol. The van der Waals surface area contributed by atoms with Crippen molar-refractivity contribution in [1.82, 2.24) is 5.32 Å². The summed E-state index contributed by atoms with van der Waals surface area (Å²) in [4.78, 5) is 0. The molecule has 1 rings (SSSR count). The number of halogens is 2. The first kappa shape index (κ1) is 15.6. The van der Waals surface area contributed by atoms with Gasteiger partial charge in [0.15, 0.2) is 0 Å². The van der Waals surface area contributed by atoms with Gasteiger partial charge in [-0.15, -0.1) is 0 Å². The Hall–Kier alpha value is -0.500. The minimum absolute atomic E-state index is 0.198. The Bertz CT molecular complexity index is 401. The van der Waals surface area contributed by atoms with Gasteiger partial charge >= 0.3 is 0 Å². The van der Waals surface area contributed by atoms with Crippen LogP contribution in [0.3, 0.4) is 0 Å². The summed E-state index contributed by atoms with van der Waals surface area (Å²) in [5.74, 6) is 0. The van der Waals surface area contributed by atoms with Gasteiger partial charge in [-0.3, -0.25) is 0 Å². The molecule has 18 heavy (non-hydrogen) atoms. The topological polar surface area (TPSA) is 12.0 Å². The number of hydrogen-bond donors (Lipinski definition) is 1. The molecule has 0 fully saturated rings. The van der Waals surface area contributed by atoms with Gasteiger partial charge in [0.25, 0.3) is 0 Å². The van der Waals surface area contributed by atoms with Crippen LogP contribution in [0.4, 0.5) is 0 Å². The van der Waals surface area contributed by atoms with Crippen molar-refractivity contribution < 1.29 is 0 Å². The van der Waals surface area contributed by atoms with Gasteiger partial charge in [0.2, 0.25) is 0 Å². The standard InChI is InChI=1S/C15H21Cl2N/c1-4-8-18-15(9-11(3)5-2)13-10-12(16)6-7-14(13)17/h6-7,10,15,18H,3-5,8-9H2,1-2H3. The maximum absolute atomic E-state index is 6.27. The van der Waals surface area contributed by atoms with Gasteiger partial charge < -0.3 is 5.32 Å². The average Bonchev–Trinajstić information content (AvgIpc) is 2.37. The van der Waals surface area contributed by atoms with Gasteiger partial charge in [-0.1, -0.05) is 49.2 Å². The molecule has 1 unspecified atom stereocenters. The number of benzene rings is 1. The molecule has 0 aromatic heterocycles. The lowest BCUT2D eigenvalue weighted by molar-refractivity contribution is 0.524. The lowest BCUT2D eigenvalue weighted by Gasteiger charge is -2.21. The van der Waals surface area contributed by atoms with Crippen LogP contribution >= 0.6 is 23.2 Å². The van der Waals surface area contributed by atoms with E-state index in [4.69, 9.17) is 23.2 Å². The van der Waals surface area contributed by atoms with E-state index in [1.54, 1.807) is 0 Å². The first-order valence-corrected chi connectivity index (χ1v) is 7.19. The molecule has 0 spiro atoms. The molecule has 1 N–H and O–H groups in total. The molecule has 0 aliphatic heterocycles. The van der Waals surface area contributed by atoms with Crippen LogP contribution in [0, 0.1) is 0 Å². The number of hydrogen-bond acceptors (Lipinski definition) is 1. The predicted molar refractivity (Wildman–Crippen MR) is 81.5 cm³/mol. The number of rotatable bonds is 7. The molecule has 0 saturated carbocycles. The minimum atomic E-state index is 0.198. The van der Waals surface area contributed by atoms with Gasteiger partial charge in [-0.05, 0) is 49.6 Å². The largest absolute Gasteiger partial charge is 0.310 e. The SMILES string of the molecule is C=C(CC)CC(NCCC)c1cc(Cl)ccc1Cl. The second-order valence-corrected chi connectivity index (χ2v) is 5.32. The molecule has 0 amide bonds. The fraction of sp³-hybridized carbons (Fsp3) is 0.467. The molecule has 1 nitrogen and oxygen atoms in total. The lowest BCUT2D eigenvalue weighted by atomic mass is 9.98. The Balaban J connectivity index is 2.92. The van der Waals surface area contributed by atoms with Crippen molar-refractivity contribution in [3.8, 4) is 0 Å². The van der Waals surface area contributed by atoms with Crippen molar-refractivity contribution >= 4 is 23.2 Å². The molecule has 0 saturated heterocycles. The van der Waals surface area contributed by atoms with Crippen molar-refractivity contribution in [3.63, 3.8) is 0 Å². The molecule has 0 bridgehead atoms. The van der Waals surface area contributed by atoms with E-state index in [-0.39, 0.29) is 6.04 Å². The highest BCUT2D eigenvalue weighted by molar-refractivity contribution is 6.33. The fourth-order valence-corrected chi connectivity index (χ4v) is 2.26. The molecule has 0 aliphatic carbocycles. The zero-order chi connectivity index (χ0) is 13.5. The van der Waals surface area contributed by atoms with Gasteiger partial charge in [0, 0.05) is 16.1 Å². The van der Waals surface area contributed by atoms with Gasteiger partial charge in [0.05, 0.1) is 0 Å². The third-order valence-electron chi connectivity index (χ3n) is 2.97. The zero-order valence-corrected chi connectivity index (χ0v) is 12.6. The van der Waals surface area contributed by atoms with Gasteiger partial charge in [-0.25, -0.2) is 0 Å². The summed E-state index contributed by atoms with van der Waals surface area (Å²) in [5, 5.41) is 5.00. The highest BCUT2D eigenvalue weighted by atomic mass is 35.5. The maximum atomic E-state index is 6.27. The van der Waals surface area contributed by atoms with Crippen LogP contribution in [0.5, 0.6) is 0 Å². The van der Waals surface area contributed by atoms with Gasteiger partial charge in [0.1, 0.15) is 0 Å². The van der Waals surface area contributed by atoms with Crippen molar-refractivity contribution in [1.29, 1.82) is 0 Å². The molecule has 0 radical (unpaired) electrons. The molecule has 1 aromatic rings. The smallest absolute Gasteiger partial charge is 0.0454 e. The molecule has 100 valence electrons. The predicted octanol–water partition coefficient (Wildman–Crippen LogP) is 5.39. The molecular formula is C15H21Cl2N.